The van der Waals surface area contributed by atoms with E-state index in [2.05, 4.69) is 10.6 Å². The van der Waals surface area contributed by atoms with Gasteiger partial charge in [0, 0.05) is 13.8 Å². The fourth-order valence-corrected chi connectivity index (χ4v) is 12.1. The largest absolute Gasteiger partial charge is 0.394 e. The van der Waals surface area contributed by atoms with Crippen molar-refractivity contribution in [2.24, 2.45) is 0 Å². The minimum absolute atomic E-state index is 0.912. The van der Waals surface area contributed by atoms with Crippen molar-refractivity contribution in [3.63, 3.8) is 0 Å². The van der Waals surface area contributed by atoms with E-state index >= 15 is 0 Å². The highest BCUT2D eigenvalue weighted by Crippen LogP contribution is 2.39. The molecule has 0 radical (unpaired) electrons. The van der Waals surface area contributed by atoms with Crippen LogP contribution in [0.1, 0.15) is 27.7 Å². The summed E-state index contributed by atoms with van der Waals surface area (Å²) < 4.78 is 89.1. The van der Waals surface area contributed by atoms with Gasteiger partial charge >= 0.3 is 0 Å². The highest BCUT2D eigenvalue weighted by molar-refractivity contribution is 5.73. The summed E-state index contributed by atoms with van der Waals surface area (Å²) in [7, 11) is 0. The van der Waals surface area contributed by atoms with Crippen molar-refractivity contribution in [2.45, 2.75) is 273 Å². The van der Waals surface area contributed by atoms with E-state index in [-0.39, 0.29) is 0 Å². The zero-order chi connectivity index (χ0) is 68.5. The van der Waals surface area contributed by atoms with Crippen LogP contribution in [0.15, 0.2) is 0 Å². The number of hydrogen-bond acceptors (Lipinski definition) is 39. The number of nitrogens with one attached hydrogen (secondary N) is 2. The molecule has 540 valence electrons. The highest BCUT2D eigenvalue weighted by Gasteiger charge is 2.60. The van der Waals surface area contributed by atoms with Gasteiger partial charge in [0.1, 0.15) is 183 Å². The lowest BCUT2D eigenvalue weighted by Crippen LogP contribution is -2.71. The lowest BCUT2D eigenvalue weighted by Gasteiger charge is -2.52. The van der Waals surface area contributed by atoms with Gasteiger partial charge in [-0.2, -0.15) is 0 Å². The van der Waals surface area contributed by atoms with Crippen molar-refractivity contribution in [3.05, 3.63) is 0 Å². The molecule has 8 rings (SSSR count). The van der Waals surface area contributed by atoms with E-state index in [9.17, 15) is 122 Å². The van der Waals surface area contributed by atoms with E-state index in [0.29, 0.717) is 0 Å². The first-order chi connectivity index (χ1) is 43.9. The SMILES string of the molecule is CC(=O)NC1[C@@H](O[C@H]2[C@@H](O)[C@@H](CO[C@H]3O[C@@H](CO)[C@H](O[C@H]4O[C@@H](CO)[C@@H](O)[C@H](O)[C@H]4O)[C@H](O[C@@H]4O[C@@H](C)[C@@H](O)[C@H](O)[C@H]4O)[C@H]3NC(C)=O)OC(O[C@H]3[C@@H](O)[C@H](O)[C@H](O)O[C@@H]3CO)[C@H]2O)O[C@H](CO)[C@@H](O[C@H]2O[C@@H](CO)[C@@H](O)[C@H](O)[C@H]2O)[C@H]1O[C@@H]1O[C@@H](C)[C@@H](O)[C@H](O)[C@H]1O. The molecule has 41 heteroatoms. The molecule has 8 aliphatic rings. The maximum Gasteiger partial charge on any atom is 0.217 e. The molecule has 0 aromatic carbocycles. The summed E-state index contributed by atoms with van der Waals surface area (Å²) in [5.41, 5.74) is 0. The maximum absolute atomic E-state index is 13.3. The summed E-state index contributed by atoms with van der Waals surface area (Å²) >= 11 is 0. The molecule has 0 bridgehead atoms. The van der Waals surface area contributed by atoms with Crippen LogP contribution in [0.5, 0.6) is 0 Å². The Hall–Kier alpha value is -2.54. The molecule has 0 aliphatic carbocycles. The first-order valence-corrected chi connectivity index (χ1v) is 29.9. The van der Waals surface area contributed by atoms with E-state index in [1.54, 1.807) is 0 Å². The zero-order valence-electron chi connectivity index (χ0n) is 50.1. The number of ether oxygens (including phenoxy) is 15. The molecule has 41 nitrogen and oxygen atoms in total. The molecule has 0 aromatic rings. The number of carbonyl (C=O) groups excluding carboxylic acids is 2. The average molecular weight is 1370 g/mol. The molecule has 2 unspecified atom stereocenters. The second kappa shape index (κ2) is 32.6. The predicted molar refractivity (Wildman–Crippen MR) is 285 cm³/mol. The van der Waals surface area contributed by atoms with Crippen LogP contribution >= 0.6 is 0 Å². The molecule has 24 N–H and O–H groups in total. The van der Waals surface area contributed by atoms with Crippen LogP contribution in [0.3, 0.4) is 0 Å². The van der Waals surface area contributed by atoms with Crippen LogP contribution in [0.25, 0.3) is 0 Å². The van der Waals surface area contributed by atoms with Crippen molar-refractivity contribution >= 4 is 11.8 Å². The number of rotatable bonds is 22. The Morgan fingerprint density at radius 3 is 1.04 bits per heavy atom. The molecule has 93 heavy (non-hydrogen) atoms. The van der Waals surface area contributed by atoms with E-state index in [0.717, 1.165) is 13.8 Å². The van der Waals surface area contributed by atoms with Crippen LogP contribution in [-0.2, 0) is 80.6 Å². The lowest BCUT2D eigenvalue weighted by molar-refractivity contribution is -0.394. The van der Waals surface area contributed by atoms with Crippen LogP contribution in [0, 0.1) is 0 Å². The van der Waals surface area contributed by atoms with Gasteiger partial charge in [-0.05, 0) is 13.8 Å². The van der Waals surface area contributed by atoms with Gasteiger partial charge in [0.15, 0.2) is 50.3 Å². The Morgan fingerprint density at radius 2 is 0.624 bits per heavy atom. The molecule has 0 saturated carbocycles. The Labute approximate surface area is 527 Å². The number of hydrogen-bond donors (Lipinski definition) is 24. The predicted octanol–water partition coefficient (Wildman–Crippen LogP) is -16.1. The highest BCUT2D eigenvalue weighted by atomic mass is 16.8. The molecular weight excluding hydrogens is 1280 g/mol. The van der Waals surface area contributed by atoms with Crippen LogP contribution in [-0.4, -0.2) is 409 Å². The van der Waals surface area contributed by atoms with Gasteiger partial charge in [-0.3, -0.25) is 9.59 Å². The number of aliphatic hydroxyl groups is 22. The van der Waals surface area contributed by atoms with Crippen molar-refractivity contribution in [2.75, 3.05) is 39.6 Å². The van der Waals surface area contributed by atoms with Crippen molar-refractivity contribution in [3.8, 4) is 0 Å². The van der Waals surface area contributed by atoms with Gasteiger partial charge in [0.05, 0.1) is 51.8 Å². The molecular formula is C52H88N2O39. The van der Waals surface area contributed by atoms with Crippen molar-refractivity contribution < 1.29 is 193 Å². The zero-order valence-corrected chi connectivity index (χ0v) is 50.1. The van der Waals surface area contributed by atoms with Crippen LogP contribution < -0.4 is 10.6 Å². The third-order valence-corrected chi connectivity index (χ3v) is 17.4. The molecule has 0 spiro atoms. The molecule has 8 saturated heterocycles. The summed E-state index contributed by atoms with van der Waals surface area (Å²) in [6.07, 6.45) is -75.0. The summed E-state index contributed by atoms with van der Waals surface area (Å²) in [5, 5.41) is 244. The summed E-state index contributed by atoms with van der Waals surface area (Å²) in [6.45, 7) is -1.86. The second-order valence-corrected chi connectivity index (χ2v) is 23.9. The quantitative estimate of drug-likeness (QED) is 0.0479. The van der Waals surface area contributed by atoms with Gasteiger partial charge in [-0.25, -0.2) is 0 Å². The smallest absolute Gasteiger partial charge is 0.217 e. The van der Waals surface area contributed by atoms with Gasteiger partial charge in [-0.15, -0.1) is 0 Å². The van der Waals surface area contributed by atoms with Crippen molar-refractivity contribution in [1.29, 1.82) is 0 Å². The molecule has 8 fully saturated rings. The molecule has 40 atom stereocenters. The summed E-state index contributed by atoms with van der Waals surface area (Å²) in [5.74, 6) is -1.88. The van der Waals surface area contributed by atoms with E-state index in [1.165, 1.54) is 13.8 Å². The standard InChI is InChI=1S/C52H88N2O39/c1-11-23(62)28(67)34(73)48(80-11)91-42-21(53-13(3)60)46(85-18(8-58)40(42)89-50-36(75)30(69)25(64)15(5-55)83-50)79-10-20-27(66)44(38(77)52(87-20)88-39-17(7-57)82-45(78)33(72)32(39)71)93-47-22(54-14(4)61)43(92-49-35(74)29(68)24(63)12(2)81-49)41(19(9-59)86-47)90-51-37(76)31(70)26(65)16(6-56)84-51/h11-12,15-52,55-59,62-78H,5-10H2,1-4H3,(H,53,60)(H,54,61)/t11-,12-,15-,16-,17+,18-,19+,20+,21+,22?,23+,24+,25+,26+,27-,28-,29-,30-,31-,32-,33-,34+,35+,36+,37+,38-,39+,40-,41+,42+,43-,44-,45+,46-,47+,48-,49-,50+,51+,52?/m0/s1. The van der Waals surface area contributed by atoms with Crippen LogP contribution in [0.2, 0.25) is 0 Å². The molecule has 8 heterocycles. The van der Waals surface area contributed by atoms with E-state index in [1.807, 2.05) is 0 Å². The lowest BCUT2D eigenvalue weighted by atomic mass is 9.93. The first-order valence-electron chi connectivity index (χ1n) is 29.9. The van der Waals surface area contributed by atoms with Gasteiger partial charge in [-0.1, -0.05) is 0 Å². The number of carbonyl (C=O) groups is 2. The van der Waals surface area contributed by atoms with E-state index in [4.69, 9.17) is 71.1 Å². The molecule has 2 amide bonds. The number of amides is 2. The fraction of sp³-hybridized carbons (Fsp3) is 0.962. The normalized spacial score (nSPS) is 51.6. The summed E-state index contributed by atoms with van der Waals surface area (Å²) in [6, 6.07) is -3.80. The van der Waals surface area contributed by atoms with Crippen molar-refractivity contribution in [1.82, 2.24) is 10.6 Å². The van der Waals surface area contributed by atoms with E-state index < -0.39 is 297 Å². The topological polar surface area (TPSA) is 642 Å². The van der Waals surface area contributed by atoms with Gasteiger partial charge < -0.3 is 194 Å². The Kier molecular flexibility index (Phi) is 26.7. The van der Waals surface area contributed by atoms with Gasteiger partial charge in [0.2, 0.25) is 11.8 Å². The number of aliphatic hydroxyl groups excluding tert-OH is 22. The van der Waals surface area contributed by atoms with Crippen LogP contribution in [0.4, 0.5) is 0 Å². The fourth-order valence-electron chi connectivity index (χ4n) is 12.1. The Morgan fingerprint density at radius 1 is 0.301 bits per heavy atom. The maximum atomic E-state index is 13.3. The average Bonchev–Trinajstić information content (AvgIpc) is 0.867. The summed E-state index contributed by atoms with van der Waals surface area (Å²) in [4.78, 5) is 26.5. The Balaban J connectivity index is 1.16. The third kappa shape index (κ3) is 16.4. The third-order valence-electron chi connectivity index (χ3n) is 17.4. The monoisotopic (exact) mass is 1360 g/mol. The van der Waals surface area contributed by atoms with Gasteiger partial charge in [0.25, 0.3) is 0 Å². The molecule has 0 aromatic heterocycles. The second-order valence-electron chi connectivity index (χ2n) is 23.9. The Bertz CT molecular complexity index is 2350. The molecule has 8 aliphatic heterocycles. The first kappa shape index (κ1) is 76.2. The minimum atomic E-state index is -2.42. The minimum Gasteiger partial charge on any atom is -0.394 e.